The molecule has 0 radical (unpaired) electrons. The zero-order valence-electron chi connectivity index (χ0n) is 40.8. The molecule has 0 aliphatic heterocycles. The Kier molecular flexibility index (Phi) is 14.1. The van der Waals surface area contributed by atoms with E-state index in [1.165, 1.54) is 0 Å². The van der Waals surface area contributed by atoms with Crippen LogP contribution in [0.3, 0.4) is 0 Å². The molecule has 0 rings (SSSR count). The van der Waals surface area contributed by atoms with Crippen LogP contribution in [0.4, 0.5) is 0 Å². The van der Waals surface area contributed by atoms with Gasteiger partial charge in [-0.3, -0.25) is 0 Å². The monoisotopic (exact) mass is 871 g/mol. The average molecular weight is 873 g/mol. The smallest absolute Gasteiger partial charge is 0.131 e. The minimum absolute atomic E-state index is 0.166. The molecule has 0 saturated heterocycles. The van der Waals surface area contributed by atoms with Gasteiger partial charge in [0, 0.05) is 14.2 Å². The average Bonchev–Trinajstić information content (AvgIpc) is 2.79. The predicted octanol–water partition coefficient (Wildman–Crippen LogP) is 17.0. The first-order chi connectivity index (χ1) is 20.8. The third-order valence-corrected chi connectivity index (χ3v) is 221. The van der Waals surface area contributed by atoms with E-state index in [9.17, 15) is 22.2 Å². The minimum Gasteiger partial charge on any atom is -0.178 e. The molecular formula is C40H96Cl2Si8. The molecule has 302 valence electrons. The van der Waals surface area contributed by atoms with E-state index in [4.69, 9.17) is 0 Å². The molecule has 10 heteroatoms. The highest BCUT2D eigenvalue weighted by Gasteiger charge is 2.87. The molecule has 0 aliphatic carbocycles. The van der Waals surface area contributed by atoms with Crippen molar-refractivity contribution in [1.82, 2.24) is 0 Å². The molecule has 0 atom stereocenters. The van der Waals surface area contributed by atoms with Crippen molar-refractivity contribution in [3.8, 4) is 0 Å². The Balaban J connectivity index is 10.1. The largest absolute Gasteiger partial charge is 0.178 e. The molecule has 0 heterocycles. The summed E-state index contributed by atoms with van der Waals surface area (Å²) in [5.41, 5.74) is 0. The van der Waals surface area contributed by atoms with Gasteiger partial charge >= 0.3 is 0 Å². The zero-order valence-corrected chi connectivity index (χ0v) is 50.3. The summed E-state index contributed by atoms with van der Waals surface area (Å²) >= 11 is 19.6. The van der Waals surface area contributed by atoms with Crippen LogP contribution in [0.2, 0.25) is 92.7 Å². The molecule has 0 aromatic heterocycles. The Morgan fingerprint density at radius 2 is 0.300 bits per heavy atom. The highest BCUT2D eigenvalue weighted by Crippen LogP contribution is 2.73. The lowest BCUT2D eigenvalue weighted by Crippen LogP contribution is -3.01. The Hall–Kier alpha value is 2.32. The van der Waals surface area contributed by atoms with Crippen molar-refractivity contribution >= 4 is 78.6 Å². The van der Waals surface area contributed by atoms with E-state index in [-0.39, 0.29) is 40.3 Å². The summed E-state index contributed by atoms with van der Waals surface area (Å²) < 4.78 is 0. The summed E-state index contributed by atoms with van der Waals surface area (Å²) in [6.45, 7) is 86.4. The molecular weight excluding hydrogens is 776 g/mol. The van der Waals surface area contributed by atoms with E-state index in [0.29, 0.717) is 0 Å². The van der Waals surface area contributed by atoms with Gasteiger partial charge in [-0.25, -0.2) is 0 Å². The van der Waals surface area contributed by atoms with E-state index in [1.807, 2.05) is 0 Å². The van der Waals surface area contributed by atoms with Gasteiger partial charge in [0.2, 0.25) is 0 Å². The van der Waals surface area contributed by atoms with Gasteiger partial charge in [0.25, 0.3) is 0 Å². The Bertz CT molecular complexity index is 984. The van der Waals surface area contributed by atoms with Crippen LogP contribution in [0.1, 0.15) is 166 Å². The van der Waals surface area contributed by atoms with E-state index >= 15 is 0 Å². The van der Waals surface area contributed by atoms with Gasteiger partial charge < -0.3 is 0 Å². The second-order valence-corrected chi connectivity index (χ2v) is 119. The fourth-order valence-corrected chi connectivity index (χ4v) is 344. The highest BCUT2D eigenvalue weighted by molar-refractivity contribution is 8.20. The third kappa shape index (κ3) is 6.49. The molecule has 0 spiro atoms. The van der Waals surface area contributed by atoms with Crippen molar-refractivity contribution in [1.29, 1.82) is 0 Å². The second-order valence-electron chi connectivity index (χ2n) is 27.1. The Morgan fingerprint density at radius 3 is 0.360 bits per heavy atom. The third-order valence-electron chi connectivity index (χ3n) is 18.0. The number of halogens is 2. The van der Waals surface area contributed by atoms with E-state index in [1.54, 1.807) is 0 Å². The summed E-state index contributed by atoms with van der Waals surface area (Å²) in [7, 11) is -14.1. The van der Waals surface area contributed by atoms with Gasteiger partial charge in [-0.05, 0) is 40.3 Å². The topological polar surface area (TPSA) is 0 Å². The second kappa shape index (κ2) is 13.4. The number of hydrogen-bond donors (Lipinski definition) is 0. The van der Waals surface area contributed by atoms with Crippen LogP contribution in [0, 0.1) is 0 Å². The summed E-state index contributed by atoms with van der Waals surface area (Å²) in [6, 6.07) is 0. The maximum absolute atomic E-state index is 9.79. The van der Waals surface area contributed by atoms with Gasteiger partial charge in [0.15, 0.2) is 0 Å². The summed E-state index contributed by atoms with van der Waals surface area (Å²) in [4.78, 5) is 0. The van der Waals surface area contributed by atoms with Gasteiger partial charge in [0.05, 0.1) is 30.4 Å². The molecule has 0 aromatic carbocycles. The molecule has 0 unspecified atom stereocenters. The summed E-state index contributed by atoms with van der Waals surface area (Å²) in [5, 5.41) is 1.32. The fourth-order valence-electron chi connectivity index (χ4n) is 13.0. The van der Waals surface area contributed by atoms with Crippen molar-refractivity contribution < 1.29 is 0 Å². The number of hydrogen-bond acceptors (Lipinski definition) is 0. The van der Waals surface area contributed by atoms with Crippen LogP contribution in [0.25, 0.3) is 0 Å². The summed E-state index contributed by atoms with van der Waals surface area (Å²) in [6.07, 6.45) is 0. The first-order valence-electron chi connectivity index (χ1n) is 20.1. The summed E-state index contributed by atoms with van der Waals surface area (Å²) in [5.74, 6) is -5.44. The molecule has 0 N–H and O–H groups in total. The molecule has 50 heavy (non-hydrogen) atoms. The van der Waals surface area contributed by atoms with Gasteiger partial charge in [-0.1, -0.05) is 219 Å². The minimum atomic E-state index is -2.72. The standard InChI is InChI=1S/C40H96Cl2Si8/c1-33(2,3)45(29,34(4,5)6)49(41,46(30,35(7,8)9)36(10,11)12)43(25,26)44(27,28)50(42,47(31,37(13,14)15)38(16,17)18)48(32,39(19,20)21)40(22,23)24/h1-32H3. The normalized spacial score (nSPS) is 17.4. The van der Waals surface area contributed by atoms with Crippen molar-refractivity contribution in [2.45, 2.75) is 259 Å². The van der Waals surface area contributed by atoms with Crippen molar-refractivity contribution in [3.05, 3.63) is 0 Å². The lowest BCUT2D eigenvalue weighted by atomic mass is 10.2. The molecule has 0 fully saturated rings. The molecule has 0 nitrogen and oxygen atoms in total. The molecule has 0 bridgehead atoms. The first-order valence-corrected chi connectivity index (χ1v) is 49.2. The lowest BCUT2D eigenvalue weighted by Gasteiger charge is -2.78. The van der Waals surface area contributed by atoms with Gasteiger partial charge in [-0.2, -0.15) is 22.2 Å². The highest BCUT2D eigenvalue weighted by atomic mass is 35.6. The molecule has 0 saturated carbocycles. The van der Waals surface area contributed by atoms with Crippen LogP contribution in [0.5, 0.6) is 0 Å². The molecule has 0 aromatic rings. The van der Waals surface area contributed by atoms with Crippen LogP contribution in [-0.4, -0.2) is 56.5 Å². The van der Waals surface area contributed by atoms with E-state index < -0.39 is 56.5 Å². The first kappa shape index (κ1) is 52.3. The quantitative estimate of drug-likeness (QED) is 0.177. The van der Waals surface area contributed by atoms with Gasteiger partial charge in [0.1, 0.15) is 11.9 Å². The van der Waals surface area contributed by atoms with Crippen molar-refractivity contribution in [2.24, 2.45) is 0 Å². The van der Waals surface area contributed by atoms with Crippen LogP contribution in [-0.2, 0) is 0 Å². The predicted molar refractivity (Wildman–Crippen MR) is 262 cm³/mol. The maximum Gasteiger partial charge on any atom is 0.131 e. The van der Waals surface area contributed by atoms with Crippen molar-refractivity contribution in [3.63, 3.8) is 0 Å². The van der Waals surface area contributed by atoms with Gasteiger partial charge in [-0.15, -0.1) is 0 Å². The SMILES string of the molecule is CC(C)(C)[Si](C)(C(C)(C)C)[Si](Cl)([Si](C)(C(C)(C)C)C(C)(C)C)[Si](C)(C)[Si](C)(C)[Si](Cl)([Si](C)(C(C)(C)C)C(C)(C)C)[Si](C)(C(C)(C)C)C(C)(C)C. The zero-order chi connectivity index (χ0) is 42.0. The van der Waals surface area contributed by atoms with Crippen LogP contribution < -0.4 is 0 Å². The Morgan fingerprint density at radius 1 is 0.220 bits per heavy atom. The number of rotatable bonds is 7. The van der Waals surface area contributed by atoms with Crippen molar-refractivity contribution in [2.75, 3.05) is 0 Å². The van der Waals surface area contributed by atoms with E-state index in [0.717, 1.165) is 0 Å². The fraction of sp³-hybridized carbons (Fsp3) is 1.00. The molecule has 0 aliphatic rings. The molecule has 0 amide bonds. The lowest BCUT2D eigenvalue weighted by molar-refractivity contribution is 0.624. The van der Waals surface area contributed by atoms with E-state index in [2.05, 4.69) is 219 Å². The maximum atomic E-state index is 9.79. The van der Waals surface area contributed by atoms with Crippen LogP contribution in [0.15, 0.2) is 0 Å². The Labute approximate surface area is 335 Å². The van der Waals surface area contributed by atoms with Crippen LogP contribution >= 0.6 is 22.2 Å².